The minimum atomic E-state index is -3.77. The number of anilines is 2. The Kier molecular flexibility index (Phi) is 3.58. The molecule has 1 aromatic heterocycles. The van der Waals surface area contributed by atoms with Gasteiger partial charge in [0.25, 0.3) is 10.0 Å². The van der Waals surface area contributed by atoms with E-state index in [1.165, 1.54) is 18.2 Å². The van der Waals surface area contributed by atoms with E-state index in [1.54, 1.807) is 17.9 Å². The fraction of sp³-hybridized carbons (Fsp3) is 0.250. The minimum Gasteiger partial charge on any atom is -0.506 e. The Morgan fingerprint density at radius 1 is 1.45 bits per heavy atom. The number of aryl methyl sites for hydroxylation is 2. The first-order valence-electron chi connectivity index (χ1n) is 5.97. The summed E-state index contributed by atoms with van der Waals surface area (Å²) in [6.07, 6.45) is 2.20. The highest BCUT2D eigenvalue weighted by Crippen LogP contribution is 2.25. The number of phenols is 1. The van der Waals surface area contributed by atoms with Crippen molar-refractivity contribution in [3.8, 4) is 5.75 Å². The second-order valence-corrected chi connectivity index (χ2v) is 6.03. The summed E-state index contributed by atoms with van der Waals surface area (Å²) in [7, 11) is -2.05. The molecule has 7 nitrogen and oxygen atoms in total. The van der Waals surface area contributed by atoms with Crippen molar-refractivity contribution in [3.05, 3.63) is 30.1 Å². The van der Waals surface area contributed by atoms with Crippen LogP contribution in [-0.2, 0) is 23.5 Å². The molecule has 1 aromatic carbocycles. The van der Waals surface area contributed by atoms with E-state index < -0.39 is 10.0 Å². The van der Waals surface area contributed by atoms with E-state index in [2.05, 4.69) is 9.82 Å². The molecule has 108 valence electrons. The molecular formula is C12H16N4O3S. The maximum atomic E-state index is 12.3. The Morgan fingerprint density at radius 3 is 2.75 bits per heavy atom. The molecular weight excluding hydrogens is 280 g/mol. The van der Waals surface area contributed by atoms with Gasteiger partial charge < -0.3 is 10.8 Å². The highest BCUT2D eigenvalue weighted by Gasteiger charge is 2.18. The summed E-state index contributed by atoms with van der Waals surface area (Å²) in [4.78, 5) is -0.0151. The van der Waals surface area contributed by atoms with Crippen LogP contribution in [0.2, 0.25) is 0 Å². The Morgan fingerprint density at radius 2 is 2.15 bits per heavy atom. The molecule has 0 saturated heterocycles. The minimum absolute atomic E-state index is 0.00905. The third-order valence-corrected chi connectivity index (χ3v) is 4.16. The lowest BCUT2D eigenvalue weighted by atomic mass is 10.3. The van der Waals surface area contributed by atoms with Crippen LogP contribution in [0.5, 0.6) is 5.75 Å². The molecule has 0 unspecified atom stereocenters. The van der Waals surface area contributed by atoms with Crippen molar-refractivity contribution >= 4 is 21.4 Å². The Balaban J connectivity index is 2.37. The quantitative estimate of drug-likeness (QED) is 0.577. The van der Waals surface area contributed by atoms with E-state index in [9.17, 15) is 13.5 Å². The molecule has 20 heavy (non-hydrogen) atoms. The van der Waals surface area contributed by atoms with Gasteiger partial charge in [-0.1, -0.05) is 6.92 Å². The molecule has 1 heterocycles. The number of aromatic nitrogens is 2. The first-order valence-corrected chi connectivity index (χ1v) is 7.45. The highest BCUT2D eigenvalue weighted by molar-refractivity contribution is 7.92. The molecule has 0 saturated carbocycles. The average Bonchev–Trinajstić information content (AvgIpc) is 2.72. The van der Waals surface area contributed by atoms with Gasteiger partial charge in [-0.25, -0.2) is 8.42 Å². The highest BCUT2D eigenvalue weighted by atomic mass is 32.2. The van der Waals surface area contributed by atoms with Crippen LogP contribution in [0.1, 0.15) is 12.6 Å². The van der Waals surface area contributed by atoms with Crippen molar-refractivity contribution in [2.75, 3.05) is 10.5 Å². The van der Waals surface area contributed by atoms with E-state index >= 15 is 0 Å². The zero-order valence-corrected chi connectivity index (χ0v) is 12.0. The molecule has 0 aliphatic carbocycles. The third-order valence-electron chi connectivity index (χ3n) is 2.79. The lowest BCUT2D eigenvalue weighted by Crippen LogP contribution is -2.13. The van der Waals surface area contributed by atoms with Gasteiger partial charge in [0, 0.05) is 13.2 Å². The monoisotopic (exact) mass is 296 g/mol. The van der Waals surface area contributed by atoms with Gasteiger partial charge in [-0.15, -0.1) is 0 Å². The summed E-state index contributed by atoms with van der Waals surface area (Å²) in [6, 6.07) is 3.74. The van der Waals surface area contributed by atoms with Gasteiger partial charge in [-0.3, -0.25) is 9.40 Å². The van der Waals surface area contributed by atoms with Crippen LogP contribution in [0.4, 0.5) is 11.4 Å². The second-order valence-electron chi connectivity index (χ2n) is 4.34. The van der Waals surface area contributed by atoms with E-state index in [0.717, 1.165) is 0 Å². The Labute approximate surface area is 117 Å². The summed E-state index contributed by atoms with van der Waals surface area (Å²) in [6.45, 7) is 1.89. The van der Waals surface area contributed by atoms with Crippen molar-refractivity contribution in [2.45, 2.75) is 18.2 Å². The molecule has 2 aromatic rings. The number of hydrogen-bond donors (Lipinski definition) is 3. The van der Waals surface area contributed by atoms with E-state index in [0.29, 0.717) is 17.8 Å². The normalized spacial score (nSPS) is 11.5. The van der Waals surface area contributed by atoms with Crippen molar-refractivity contribution in [1.82, 2.24) is 9.78 Å². The van der Waals surface area contributed by atoms with Crippen LogP contribution in [-0.4, -0.2) is 23.3 Å². The van der Waals surface area contributed by atoms with Gasteiger partial charge in [0.1, 0.15) is 5.75 Å². The fourth-order valence-electron chi connectivity index (χ4n) is 1.78. The maximum absolute atomic E-state index is 12.3. The number of nitrogens with two attached hydrogens (primary N) is 1. The van der Waals surface area contributed by atoms with Gasteiger partial charge in [0.2, 0.25) is 0 Å². The summed E-state index contributed by atoms with van der Waals surface area (Å²) in [5.41, 5.74) is 6.61. The fourth-order valence-corrected chi connectivity index (χ4v) is 2.89. The number of nitrogen functional groups attached to an aromatic ring is 1. The van der Waals surface area contributed by atoms with E-state index in [4.69, 9.17) is 5.73 Å². The topological polar surface area (TPSA) is 110 Å². The summed E-state index contributed by atoms with van der Waals surface area (Å²) >= 11 is 0. The molecule has 8 heteroatoms. The number of sulfonamides is 1. The smallest absolute Gasteiger partial charge is 0.262 e. The predicted octanol–water partition coefficient (Wildman–Crippen LogP) is 1.07. The third kappa shape index (κ3) is 2.69. The summed E-state index contributed by atoms with van der Waals surface area (Å²) in [5, 5.41) is 13.5. The molecule has 0 amide bonds. The van der Waals surface area contributed by atoms with Crippen LogP contribution < -0.4 is 10.5 Å². The van der Waals surface area contributed by atoms with Crippen molar-refractivity contribution in [2.24, 2.45) is 7.05 Å². The molecule has 0 bridgehead atoms. The molecule has 0 aliphatic rings. The number of aromatic hydroxyl groups is 1. The Bertz CT molecular complexity index is 737. The van der Waals surface area contributed by atoms with E-state index in [-0.39, 0.29) is 16.3 Å². The number of phenolic OH excluding ortho intramolecular Hbond substituents is 1. The first kappa shape index (κ1) is 14.2. The number of nitrogens with one attached hydrogen (secondary N) is 1. The Hall–Kier alpha value is -2.22. The summed E-state index contributed by atoms with van der Waals surface area (Å²) in [5.74, 6) is -0.153. The second kappa shape index (κ2) is 5.04. The van der Waals surface area contributed by atoms with Gasteiger partial charge in [-0.05, 0) is 24.6 Å². The number of rotatable bonds is 4. The van der Waals surface area contributed by atoms with Crippen LogP contribution in [0.25, 0.3) is 0 Å². The lowest BCUT2D eigenvalue weighted by Gasteiger charge is -2.08. The molecule has 0 spiro atoms. The van der Waals surface area contributed by atoms with Crippen LogP contribution in [0.3, 0.4) is 0 Å². The maximum Gasteiger partial charge on any atom is 0.262 e. The van der Waals surface area contributed by atoms with Crippen LogP contribution in [0, 0.1) is 0 Å². The SMILES string of the molecule is CCc1nn(C)cc1NS(=O)(=O)c1ccc(O)c(N)c1. The number of hydrogen-bond acceptors (Lipinski definition) is 5. The molecule has 2 rings (SSSR count). The zero-order chi connectivity index (χ0) is 14.9. The molecule has 0 radical (unpaired) electrons. The molecule has 0 fully saturated rings. The van der Waals surface area contributed by atoms with E-state index in [1.807, 2.05) is 6.92 Å². The first-order chi connectivity index (χ1) is 9.33. The average molecular weight is 296 g/mol. The predicted molar refractivity (Wildman–Crippen MR) is 75.9 cm³/mol. The lowest BCUT2D eigenvalue weighted by molar-refractivity contribution is 0.477. The summed E-state index contributed by atoms with van der Waals surface area (Å²) < 4.78 is 28.5. The van der Waals surface area contributed by atoms with Gasteiger partial charge in [-0.2, -0.15) is 5.10 Å². The number of nitrogens with zero attached hydrogens (tertiary/aromatic N) is 2. The molecule has 4 N–H and O–H groups in total. The van der Waals surface area contributed by atoms with Crippen molar-refractivity contribution in [1.29, 1.82) is 0 Å². The standard InChI is InChI=1S/C12H16N4O3S/c1-3-10-11(7-16(2)14-10)15-20(18,19)8-4-5-12(17)9(13)6-8/h4-7,15,17H,3,13H2,1-2H3. The van der Waals surface area contributed by atoms with Gasteiger partial charge in [0.15, 0.2) is 0 Å². The van der Waals surface area contributed by atoms with Crippen LogP contribution in [0.15, 0.2) is 29.3 Å². The molecule has 0 aliphatic heterocycles. The zero-order valence-electron chi connectivity index (χ0n) is 11.2. The molecule has 0 atom stereocenters. The van der Waals surface area contributed by atoms with Crippen LogP contribution >= 0.6 is 0 Å². The van der Waals surface area contributed by atoms with Gasteiger partial charge >= 0.3 is 0 Å². The van der Waals surface area contributed by atoms with Gasteiger partial charge in [0.05, 0.1) is 22.0 Å². The number of benzene rings is 1. The van der Waals surface area contributed by atoms with Crippen molar-refractivity contribution < 1.29 is 13.5 Å². The largest absolute Gasteiger partial charge is 0.506 e. The van der Waals surface area contributed by atoms with Crippen molar-refractivity contribution in [3.63, 3.8) is 0 Å².